The number of carbonyl (C=O) groups is 1. The summed E-state index contributed by atoms with van der Waals surface area (Å²) < 4.78 is 0. The molecular formula is C18H29N3OS. The fourth-order valence-corrected chi connectivity index (χ4v) is 3.69. The maximum absolute atomic E-state index is 12.4. The van der Waals surface area contributed by atoms with Crippen molar-refractivity contribution in [1.82, 2.24) is 9.80 Å². The van der Waals surface area contributed by atoms with Gasteiger partial charge in [0.25, 0.3) is 0 Å². The highest BCUT2D eigenvalue weighted by Gasteiger charge is 2.20. The first kappa shape index (κ1) is 18.1. The molecule has 128 valence electrons. The van der Waals surface area contributed by atoms with Crippen molar-refractivity contribution in [3.63, 3.8) is 0 Å². The minimum Gasteiger partial charge on any atom is -0.327 e. The summed E-state index contributed by atoms with van der Waals surface area (Å²) in [5.74, 6) is 2.68. The van der Waals surface area contributed by atoms with E-state index in [0.29, 0.717) is 5.92 Å². The highest BCUT2D eigenvalue weighted by Crippen LogP contribution is 2.18. The van der Waals surface area contributed by atoms with Gasteiger partial charge in [-0.25, -0.2) is 4.79 Å². The Balaban J connectivity index is 1.85. The number of thioether (sulfide) groups is 1. The number of urea groups is 1. The molecule has 1 aromatic rings. The Labute approximate surface area is 144 Å². The van der Waals surface area contributed by atoms with Crippen molar-refractivity contribution < 1.29 is 4.79 Å². The topological polar surface area (TPSA) is 35.6 Å². The van der Waals surface area contributed by atoms with Crippen molar-refractivity contribution in [2.24, 2.45) is 5.92 Å². The molecule has 4 nitrogen and oxygen atoms in total. The van der Waals surface area contributed by atoms with E-state index in [1.165, 1.54) is 24.9 Å². The standard InChI is InChI=1S/C18H29N3OS/c1-4-23-14-15-7-5-9-17(11-15)19-18(22)21(3)13-16-8-6-10-20(2)12-16/h5,7,9,11,16H,4,6,8,10,12-14H2,1-3H3,(H,19,22)/t16-/m0/s1. The maximum atomic E-state index is 12.4. The molecule has 1 aliphatic heterocycles. The second kappa shape index (κ2) is 9.18. The van der Waals surface area contributed by atoms with Gasteiger partial charge in [0.05, 0.1) is 0 Å². The first-order chi connectivity index (χ1) is 11.1. The predicted octanol–water partition coefficient (Wildman–Crippen LogP) is 3.75. The fraction of sp³-hybridized carbons (Fsp3) is 0.611. The van der Waals surface area contributed by atoms with E-state index < -0.39 is 0 Å². The van der Waals surface area contributed by atoms with Gasteiger partial charge >= 0.3 is 6.03 Å². The van der Waals surface area contributed by atoms with E-state index in [0.717, 1.165) is 30.3 Å². The minimum absolute atomic E-state index is 0.0153. The zero-order chi connectivity index (χ0) is 16.7. The average Bonchev–Trinajstić information content (AvgIpc) is 2.53. The van der Waals surface area contributed by atoms with E-state index in [-0.39, 0.29) is 6.03 Å². The quantitative estimate of drug-likeness (QED) is 0.860. The number of hydrogen-bond donors (Lipinski definition) is 1. The highest BCUT2D eigenvalue weighted by atomic mass is 32.2. The number of nitrogens with one attached hydrogen (secondary N) is 1. The first-order valence-corrected chi connectivity index (χ1v) is 9.61. The number of rotatable bonds is 6. The number of carbonyl (C=O) groups excluding carboxylic acids is 1. The number of anilines is 1. The van der Waals surface area contributed by atoms with Crippen LogP contribution in [0.15, 0.2) is 24.3 Å². The monoisotopic (exact) mass is 335 g/mol. The van der Waals surface area contributed by atoms with Crippen molar-refractivity contribution >= 4 is 23.5 Å². The molecule has 23 heavy (non-hydrogen) atoms. The molecule has 2 amide bonds. The van der Waals surface area contributed by atoms with Gasteiger partial charge in [0.2, 0.25) is 0 Å². The van der Waals surface area contributed by atoms with E-state index in [1.807, 2.05) is 35.8 Å². The Hall–Kier alpha value is -1.20. The molecule has 1 aromatic carbocycles. The number of likely N-dealkylation sites (tertiary alicyclic amines) is 1. The zero-order valence-corrected chi connectivity index (χ0v) is 15.4. The Morgan fingerprint density at radius 1 is 1.48 bits per heavy atom. The molecule has 0 radical (unpaired) electrons. The van der Waals surface area contributed by atoms with Crippen molar-refractivity contribution in [1.29, 1.82) is 0 Å². The predicted molar refractivity (Wildman–Crippen MR) is 100 cm³/mol. The lowest BCUT2D eigenvalue weighted by molar-refractivity contribution is 0.170. The summed E-state index contributed by atoms with van der Waals surface area (Å²) in [4.78, 5) is 16.6. The molecule has 1 atom stereocenters. The summed E-state index contributed by atoms with van der Waals surface area (Å²) in [5.41, 5.74) is 2.14. The van der Waals surface area contributed by atoms with Gasteiger partial charge in [-0.2, -0.15) is 11.8 Å². The summed E-state index contributed by atoms with van der Waals surface area (Å²) in [6.07, 6.45) is 2.44. The number of hydrogen-bond acceptors (Lipinski definition) is 3. The third-order valence-corrected chi connectivity index (χ3v) is 5.20. The van der Waals surface area contributed by atoms with Crippen LogP contribution in [-0.2, 0) is 5.75 Å². The zero-order valence-electron chi connectivity index (χ0n) is 14.5. The molecule has 1 N–H and O–H groups in total. The lowest BCUT2D eigenvalue weighted by atomic mass is 9.98. The van der Waals surface area contributed by atoms with Gasteiger partial charge in [0, 0.05) is 31.6 Å². The third-order valence-electron chi connectivity index (χ3n) is 4.25. The van der Waals surface area contributed by atoms with Crippen LogP contribution in [0, 0.1) is 5.92 Å². The Morgan fingerprint density at radius 3 is 3.04 bits per heavy atom. The van der Waals surface area contributed by atoms with Crippen LogP contribution in [0.3, 0.4) is 0 Å². The van der Waals surface area contributed by atoms with Gasteiger partial charge in [-0.3, -0.25) is 0 Å². The van der Waals surface area contributed by atoms with Gasteiger partial charge in [-0.15, -0.1) is 0 Å². The van der Waals surface area contributed by atoms with Crippen LogP contribution in [0.2, 0.25) is 0 Å². The van der Waals surface area contributed by atoms with Crippen molar-refractivity contribution in [3.8, 4) is 0 Å². The number of piperidine rings is 1. The highest BCUT2D eigenvalue weighted by molar-refractivity contribution is 7.98. The summed E-state index contributed by atoms with van der Waals surface area (Å²) in [5, 5.41) is 3.02. The molecule has 1 fully saturated rings. The van der Waals surface area contributed by atoms with E-state index in [1.54, 1.807) is 0 Å². The molecule has 0 aromatic heterocycles. The lowest BCUT2D eigenvalue weighted by Gasteiger charge is -2.32. The van der Waals surface area contributed by atoms with Crippen LogP contribution in [0.5, 0.6) is 0 Å². The third kappa shape index (κ3) is 6.07. The second-order valence-electron chi connectivity index (χ2n) is 6.42. The molecule has 0 saturated carbocycles. The van der Waals surface area contributed by atoms with E-state index >= 15 is 0 Å². The van der Waals surface area contributed by atoms with Crippen molar-refractivity contribution in [2.45, 2.75) is 25.5 Å². The number of amides is 2. The van der Waals surface area contributed by atoms with E-state index in [9.17, 15) is 4.79 Å². The van der Waals surface area contributed by atoms with Crippen molar-refractivity contribution in [2.75, 3.05) is 44.8 Å². The average molecular weight is 336 g/mol. The molecule has 1 heterocycles. The van der Waals surface area contributed by atoms with Gasteiger partial charge in [-0.1, -0.05) is 19.1 Å². The summed E-state index contributed by atoms with van der Waals surface area (Å²) >= 11 is 1.89. The molecule has 0 spiro atoms. The first-order valence-electron chi connectivity index (χ1n) is 8.45. The SMILES string of the molecule is CCSCc1cccc(NC(=O)N(C)C[C@H]2CCCN(C)C2)c1. The molecule has 0 aliphatic carbocycles. The Morgan fingerprint density at radius 2 is 2.30 bits per heavy atom. The summed E-state index contributed by atoms with van der Waals surface area (Å²) in [6, 6.07) is 8.14. The Bertz CT molecular complexity index is 509. The van der Waals surface area contributed by atoms with Crippen molar-refractivity contribution in [3.05, 3.63) is 29.8 Å². The molecule has 1 aliphatic rings. The maximum Gasteiger partial charge on any atom is 0.321 e. The van der Waals surface area contributed by atoms with Crippen LogP contribution < -0.4 is 5.32 Å². The largest absolute Gasteiger partial charge is 0.327 e. The van der Waals surface area contributed by atoms with Gasteiger partial charge in [0.15, 0.2) is 0 Å². The second-order valence-corrected chi connectivity index (χ2v) is 7.69. The fourth-order valence-electron chi connectivity index (χ4n) is 3.07. The van der Waals surface area contributed by atoms with E-state index in [4.69, 9.17) is 0 Å². The van der Waals surface area contributed by atoms with Gasteiger partial charge < -0.3 is 15.1 Å². The van der Waals surface area contributed by atoms with Gasteiger partial charge in [0.1, 0.15) is 0 Å². The normalized spacial score (nSPS) is 18.7. The van der Waals surface area contributed by atoms with Crippen LogP contribution in [0.25, 0.3) is 0 Å². The molecule has 0 unspecified atom stereocenters. The molecule has 1 saturated heterocycles. The number of benzene rings is 1. The smallest absolute Gasteiger partial charge is 0.321 e. The summed E-state index contributed by atoms with van der Waals surface area (Å²) in [7, 11) is 4.05. The minimum atomic E-state index is -0.0153. The molecule has 0 bridgehead atoms. The Kier molecular flexibility index (Phi) is 7.24. The van der Waals surface area contributed by atoms with Crippen LogP contribution in [0.4, 0.5) is 10.5 Å². The van der Waals surface area contributed by atoms with E-state index in [2.05, 4.69) is 36.3 Å². The molecule has 2 rings (SSSR count). The van der Waals surface area contributed by atoms with Gasteiger partial charge in [-0.05, 0) is 55.8 Å². The molecule has 5 heteroatoms. The summed E-state index contributed by atoms with van der Waals surface area (Å²) in [6.45, 7) is 5.24. The number of nitrogens with zero attached hydrogens (tertiary/aromatic N) is 2. The molecular weight excluding hydrogens is 306 g/mol. The van der Waals surface area contributed by atoms with Crippen LogP contribution >= 0.6 is 11.8 Å². The van der Waals surface area contributed by atoms with Crippen LogP contribution in [0.1, 0.15) is 25.3 Å². The van der Waals surface area contributed by atoms with Crippen LogP contribution in [-0.4, -0.2) is 55.3 Å². The lowest BCUT2D eigenvalue weighted by Crippen LogP contribution is -2.41.